The Morgan fingerprint density at radius 3 is 2.19 bits per heavy atom. The molecule has 6 nitrogen and oxygen atoms in total. The fraction of sp³-hybridized carbons (Fsp3) is 0.611. The molecule has 0 spiro atoms. The average molecular weight is 496 g/mol. The van der Waals surface area contributed by atoms with E-state index in [-0.39, 0.29) is 24.0 Å². The molecule has 1 unspecified atom stereocenters. The molecule has 26 heavy (non-hydrogen) atoms. The molecule has 0 saturated carbocycles. The van der Waals surface area contributed by atoms with Crippen LogP contribution in [0, 0.1) is 0 Å². The minimum atomic E-state index is -3.13. The largest absolute Gasteiger partial charge is 0.356 e. The Balaban J connectivity index is 0.00000625. The maximum Gasteiger partial charge on any atom is 0.191 e. The molecule has 150 valence electrons. The van der Waals surface area contributed by atoms with Crippen molar-refractivity contribution in [1.82, 2.24) is 15.5 Å². The number of rotatable bonds is 9. The number of halogens is 1. The summed E-state index contributed by atoms with van der Waals surface area (Å²) in [6.07, 6.45) is 2.02. The van der Waals surface area contributed by atoms with Crippen molar-refractivity contribution in [2.45, 2.75) is 38.1 Å². The van der Waals surface area contributed by atoms with E-state index in [9.17, 15) is 8.42 Å². The lowest BCUT2D eigenvalue weighted by Gasteiger charge is -2.27. The van der Waals surface area contributed by atoms with Gasteiger partial charge in [0.05, 0.1) is 4.90 Å². The highest BCUT2D eigenvalue weighted by molar-refractivity contribution is 14.0. The maximum atomic E-state index is 11.5. The number of nitrogens with zero attached hydrogens (tertiary/aromatic N) is 2. The zero-order valence-corrected chi connectivity index (χ0v) is 19.6. The van der Waals surface area contributed by atoms with Gasteiger partial charge in [0, 0.05) is 32.4 Å². The summed E-state index contributed by atoms with van der Waals surface area (Å²) in [4.78, 5) is 6.99. The molecule has 0 bridgehead atoms. The Morgan fingerprint density at radius 2 is 1.73 bits per heavy atom. The van der Waals surface area contributed by atoms with Crippen molar-refractivity contribution in [3.05, 3.63) is 29.8 Å². The van der Waals surface area contributed by atoms with Gasteiger partial charge in [-0.3, -0.25) is 9.89 Å². The highest BCUT2D eigenvalue weighted by atomic mass is 127. The van der Waals surface area contributed by atoms with Gasteiger partial charge >= 0.3 is 0 Å². The number of nitrogens with one attached hydrogen (secondary N) is 2. The van der Waals surface area contributed by atoms with Crippen LogP contribution in [-0.4, -0.2) is 64.8 Å². The maximum absolute atomic E-state index is 11.5. The van der Waals surface area contributed by atoms with Crippen molar-refractivity contribution in [2.24, 2.45) is 4.99 Å². The van der Waals surface area contributed by atoms with E-state index in [4.69, 9.17) is 0 Å². The standard InChI is InChI=1S/C18H32N4O2S.HI/c1-6-22(7-2)15(3)14-21-18(19-4)20-13-12-16-8-10-17(11-9-16)25(5,23)24;/h8-11,15H,6-7,12-14H2,1-5H3,(H2,19,20,21);1H. The molecular weight excluding hydrogens is 463 g/mol. The number of hydrogen-bond donors (Lipinski definition) is 2. The van der Waals surface area contributed by atoms with Crippen LogP contribution < -0.4 is 10.6 Å². The van der Waals surface area contributed by atoms with E-state index in [0.717, 1.165) is 44.1 Å². The number of likely N-dealkylation sites (N-methyl/N-ethyl adjacent to an activating group) is 1. The van der Waals surface area contributed by atoms with Gasteiger partial charge < -0.3 is 10.6 Å². The number of hydrogen-bond acceptors (Lipinski definition) is 4. The van der Waals surface area contributed by atoms with Gasteiger partial charge in [0.2, 0.25) is 0 Å². The summed E-state index contributed by atoms with van der Waals surface area (Å²) in [6.45, 7) is 10.2. The van der Waals surface area contributed by atoms with Gasteiger partial charge in [0.15, 0.2) is 15.8 Å². The topological polar surface area (TPSA) is 73.8 Å². The molecule has 0 aliphatic heterocycles. The minimum Gasteiger partial charge on any atom is -0.356 e. The van der Waals surface area contributed by atoms with E-state index in [1.54, 1.807) is 19.2 Å². The van der Waals surface area contributed by atoms with Crippen LogP contribution in [-0.2, 0) is 16.3 Å². The Bertz CT molecular complexity index is 644. The Labute approximate surface area is 175 Å². The molecule has 0 aliphatic rings. The van der Waals surface area contributed by atoms with Crippen molar-refractivity contribution >= 4 is 39.8 Å². The van der Waals surface area contributed by atoms with Gasteiger partial charge in [-0.15, -0.1) is 24.0 Å². The predicted octanol–water partition coefficient (Wildman–Crippen LogP) is 2.15. The Kier molecular flexibility index (Phi) is 12.1. The molecule has 0 amide bonds. The molecule has 0 aromatic heterocycles. The number of aliphatic imine (C=N–C) groups is 1. The summed E-state index contributed by atoms with van der Waals surface area (Å²) in [6, 6.07) is 7.47. The second-order valence-corrected chi connectivity index (χ2v) is 8.13. The first-order valence-corrected chi connectivity index (χ1v) is 10.7. The van der Waals surface area contributed by atoms with Crippen LogP contribution in [0.3, 0.4) is 0 Å². The Morgan fingerprint density at radius 1 is 1.15 bits per heavy atom. The summed E-state index contributed by atoms with van der Waals surface area (Å²) in [7, 11) is -1.37. The summed E-state index contributed by atoms with van der Waals surface area (Å²) in [5.41, 5.74) is 1.09. The van der Waals surface area contributed by atoms with E-state index in [0.29, 0.717) is 10.9 Å². The number of sulfone groups is 1. The van der Waals surface area contributed by atoms with Crippen LogP contribution in [0.4, 0.5) is 0 Å². The molecule has 1 atom stereocenters. The third-order valence-electron chi connectivity index (χ3n) is 4.28. The molecule has 2 N–H and O–H groups in total. The zero-order valence-electron chi connectivity index (χ0n) is 16.4. The highest BCUT2D eigenvalue weighted by Gasteiger charge is 2.10. The molecule has 0 saturated heterocycles. The van der Waals surface area contributed by atoms with Gasteiger partial charge in [-0.1, -0.05) is 26.0 Å². The van der Waals surface area contributed by atoms with Gasteiger partial charge in [0.25, 0.3) is 0 Å². The van der Waals surface area contributed by atoms with E-state index in [2.05, 4.69) is 41.3 Å². The number of guanidine groups is 1. The second-order valence-electron chi connectivity index (χ2n) is 6.12. The van der Waals surface area contributed by atoms with Gasteiger partial charge in [0.1, 0.15) is 0 Å². The SMILES string of the molecule is CCN(CC)C(C)CNC(=NC)NCCc1ccc(S(C)(=O)=O)cc1.I. The normalized spacial score (nSPS) is 13.2. The fourth-order valence-corrected chi connectivity index (χ4v) is 3.30. The first-order valence-electron chi connectivity index (χ1n) is 8.79. The molecule has 8 heteroatoms. The van der Waals surface area contributed by atoms with Crippen LogP contribution in [0.5, 0.6) is 0 Å². The molecule has 0 aliphatic carbocycles. The third kappa shape index (κ3) is 8.68. The second kappa shape index (κ2) is 12.5. The zero-order chi connectivity index (χ0) is 18.9. The van der Waals surface area contributed by atoms with Crippen LogP contribution in [0.1, 0.15) is 26.3 Å². The minimum absolute atomic E-state index is 0. The van der Waals surface area contributed by atoms with Gasteiger partial charge in [-0.25, -0.2) is 8.42 Å². The quantitative estimate of drug-likeness (QED) is 0.312. The van der Waals surface area contributed by atoms with E-state index in [1.807, 2.05) is 12.1 Å². The summed E-state index contributed by atoms with van der Waals surface area (Å²) >= 11 is 0. The summed E-state index contributed by atoms with van der Waals surface area (Å²) in [5, 5.41) is 6.65. The predicted molar refractivity (Wildman–Crippen MR) is 120 cm³/mol. The van der Waals surface area contributed by atoms with Gasteiger partial charge in [-0.05, 0) is 44.1 Å². The van der Waals surface area contributed by atoms with Crippen LogP contribution >= 0.6 is 24.0 Å². The monoisotopic (exact) mass is 496 g/mol. The van der Waals surface area contributed by atoms with Crippen molar-refractivity contribution in [2.75, 3.05) is 39.5 Å². The van der Waals surface area contributed by atoms with Crippen LogP contribution in [0.2, 0.25) is 0 Å². The number of benzene rings is 1. The van der Waals surface area contributed by atoms with Gasteiger partial charge in [-0.2, -0.15) is 0 Å². The molecule has 1 aromatic carbocycles. The molecule has 0 fully saturated rings. The smallest absolute Gasteiger partial charge is 0.191 e. The Hall–Kier alpha value is -0.870. The molecule has 1 aromatic rings. The highest BCUT2D eigenvalue weighted by Crippen LogP contribution is 2.10. The molecular formula is C18H33IN4O2S. The fourth-order valence-electron chi connectivity index (χ4n) is 2.67. The van der Waals surface area contributed by atoms with Crippen LogP contribution in [0.25, 0.3) is 0 Å². The average Bonchev–Trinajstić information content (AvgIpc) is 2.58. The molecule has 0 heterocycles. The lowest BCUT2D eigenvalue weighted by molar-refractivity contribution is 0.231. The third-order valence-corrected chi connectivity index (χ3v) is 5.41. The van der Waals surface area contributed by atoms with Crippen molar-refractivity contribution in [3.8, 4) is 0 Å². The summed E-state index contributed by atoms with van der Waals surface area (Å²) in [5.74, 6) is 0.784. The van der Waals surface area contributed by atoms with Crippen molar-refractivity contribution < 1.29 is 8.42 Å². The summed E-state index contributed by atoms with van der Waals surface area (Å²) < 4.78 is 22.9. The van der Waals surface area contributed by atoms with E-state index < -0.39 is 9.84 Å². The van der Waals surface area contributed by atoms with Crippen molar-refractivity contribution in [1.29, 1.82) is 0 Å². The van der Waals surface area contributed by atoms with Crippen molar-refractivity contribution in [3.63, 3.8) is 0 Å². The van der Waals surface area contributed by atoms with E-state index in [1.165, 1.54) is 6.26 Å². The first-order chi connectivity index (χ1) is 11.8. The van der Waals surface area contributed by atoms with Crippen LogP contribution in [0.15, 0.2) is 34.2 Å². The van der Waals surface area contributed by atoms with E-state index >= 15 is 0 Å². The lowest BCUT2D eigenvalue weighted by Crippen LogP contribution is -2.46. The molecule has 0 radical (unpaired) electrons. The lowest BCUT2D eigenvalue weighted by atomic mass is 10.1. The first kappa shape index (κ1) is 25.1. The molecule has 1 rings (SSSR count).